The van der Waals surface area contributed by atoms with Gasteiger partial charge in [0, 0.05) is 41.5 Å². The lowest BCUT2D eigenvalue weighted by molar-refractivity contribution is -0.384. The van der Waals surface area contributed by atoms with Crippen molar-refractivity contribution in [3.63, 3.8) is 0 Å². The molecule has 0 bridgehead atoms. The molecule has 7 nitrogen and oxygen atoms in total. The van der Waals surface area contributed by atoms with Crippen molar-refractivity contribution in [3.8, 4) is 0 Å². The summed E-state index contributed by atoms with van der Waals surface area (Å²) in [4.78, 5) is 36.7. The molecule has 1 aliphatic rings. The maximum Gasteiger partial charge on any atom is 0.271 e. The summed E-state index contributed by atoms with van der Waals surface area (Å²) in [7, 11) is 0. The van der Waals surface area contributed by atoms with Gasteiger partial charge in [-0.1, -0.05) is 23.7 Å². The van der Waals surface area contributed by atoms with E-state index in [0.29, 0.717) is 16.4 Å². The number of rotatable bonds is 4. The lowest BCUT2D eigenvalue weighted by Gasteiger charge is -2.19. The van der Waals surface area contributed by atoms with E-state index in [2.05, 4.69) is 5.32 Å². The topological polar surface area (TPSA) is 92.6 Å². The summed E-state index contributed by atoms with van der Waals surface area (Å²) in [5.74, 6) is -1.05. The molecular formula is C18H16ClN3O4. The summed E-state index contributed by atoms with van der Waals surface area (Å²) in [6.07, 6.45) is 0.0761. The highest BCUT2D eigenvalue weighted by atomic mass is 35.5. The average molecular weight is 374 g/mol. The fourth-order valence-electron chi connectivity index (χ4n) is 2.95. The highest BCUT2D eigenvalue weighted by molar-refractivity contribution is 6.31. The highest BCUT2D eigenvalue weighted by Crippen LogP contribution is 2.32. The number of halogens is 1. The van der Waals surface area contributed by atoms with Gasteiger partial charge in [0.2, 0.25) is 11.8 Å². The Hall–Kier alpha value is -2.93. The number of hydrogen-bond acceptors (Lipinski definition) is 4. The number of nitrogens with one attached hydrogen (secondary N) is 1. The van der Waals surface area contributed by atoms with Crippen LogP contribution in [-0.2, 0) is 9.59 Å². The van der Waals surface area contributed by atoms with Crippen molar-refractivity contribution in [3.05, 3.63) is 63.2 Å². The predicted molar refractivity (Wildman–Crippen MR) is 98.4 cm³/mol. The standard InChI is InChI=1S/C18H16ClN3O4/c1-11-15(19)6-3-7-16(11)21-10-12(8-17(21)23)18(24)20-13-4-2-5-14(9-13)22(25)26/h2-7,9,12H,8,10H2,1H3,(H,20,24)/t12-/m1/s1. The van der Waals surface area contributed by atoms with Crippen molar-refractivity contribution in [1.29, 1.82) is 0 Å². The highest BCUT2D eigenvalue weighted by Gasteiger charge is 2.36. The third-order valence-electron chi connectivity index (χ3n) is 4.35. The molecule has 1 saturated heterocycles. The van der Waals surface area contributed by atoms with Crippen LogP contribution in [0.3, 0.4) is 0 Å². The predicted octanol–water partition coefficient (Wildman–Crippen LogP) is 3.55. The summed E-state index contributed by atoms with van der Waals surface area (Å²) < 4.78 is 0. The first kappa shape index (κ1) is 17.9. The molecule has 2 aromatic carbocycles. The fourth-order valence-corrected chi connectivity index (χ4v) is 3.12. The van der Waals surface area contributed by atoms with Crippen LogP contribution in [-0.4, -0.2) is 23.3 Å². The van der Waals surface area contributed by atoms with Crippen LogP contribution in [0, 0.1) is 23.0 Å². The van der Waals surface area contributed by atoms with Gasteiger partial charge >= 0.3 is 0 Å². The molecule has 2 aromatic rings. The zero-order valence-corrected chi connectivity index (χ0v) is 14.7. The molecule has 1 atom stereocenters. The number of carbonyl (C=O) groups is 2. The molecule has 8 heteroatoms. The van der Waals surface area contributed by atoms with E-state index in [-0.39, 0.29) is 30.5 Å². The van der Waals surface area contributed by atoms with Crippen LogP contribution in [0.5, 0.6) is 0 Å². The number of nitro benzene ring substituents is 1. The summed E-state index contributed by atoms with van der Waals surface area (Å²) in [5, 5.41) is 14.0. The minimum absolute atomic E-state index is 0.0761. The van der Waals surface area contributed by atoms with Gasteiger partial charge in [-0.15, -0.1) is 0 Å². The van der Waals surface area contributed by atoms with Crippen molar-refractivity contribution >= 4 is 40.5 Å². The molecule has 3 rings (SSSR count). The molecule has 1 fully saturated rings. The van der Waals surface area contributed by atoms with Crippen LogP contribution in [0.25, 0.3) is 0 Å². The molecule has 0 saturated carbocycles. The van der Waals surface area contributed by atoms with Crippen molar-refractivity contribution in [2.45, 2.75) is 13.3 Å². The van der Waals surface area contributed by atoms with E-state index in [1.54, 1.807) is 29.2 Å². The molecule has 26 heavy (non-hydrogen) atoms. The van der Waals surface area contributed by atoms with E-state index in [4.69, 9.17) is 11.6 Å². The van der Waals surface area contributed by atoms with E-state index < -0.39 is 10.8 Å². The molecule has 0 unspecified atom stereocenters. The van der Waals surface area contributed by atoms with Gasteiger partial charge in [-0.2, -0.15) is 0 Å². The Balaban J connectivity index is 1.74. The third-order valence-corrected chi connectivity index (χ3v) is 4.76. The number of nitro groups is 1. The SMILES string of the molecule is Cc1c(Cl)cccc1N1C[C@H](C(=O)Nc2cccc([N+](=O)[O-])c2)CC1=O. The molecule has 0 aromatic heterocycles. The quantitative estimate of drug-likeness (QED) is 0.655. The van der Waals surface area contributed by atoms with Crippen molar-refractivity contribution in [2.75, 3.05) is 16.8 Å². The number of nitrogens with zero attached hydrogens (tertiary/aromatic N) is 2. The summed E-state index contributed by atoms with van der Waals surface area (Å²) >= 11 is 6.11. The van der Waals surface area contributed by atoms with E-state index >= 15 is 0 Å². The van der Waals surface area contributed by atoms with E-state index in [1.165, 1.54) is 18.2 Å². The van der Waals surface area contributed by atoms with Gasteiger partial charge in [0.25, 0.3) is 5.69 Å². The first-order valence-corrected chi connectivity index (χ1v) is 8.35. The number of hydrogen-bond donors (Lipinski definition) is 1. The van der Waals surface area contributed by atoms with Crippen LogP contribution in [0.4, 0.5) is 17.1 Å². The number of benzene rings is 2. The minimum atomic E-state index is -0.542. The molecule has 1 aliphatic heterocycles. The number of carbonyl (C=O) groups excluding carboxylic acids is 2. The minimum Gasteiger partial charge on any atom is -0.326 e. The second kappa shape index (κ2) is 7.13. The van der Waals surface area contributed by atoms with Gasteiger partial charge in [0.1, 0.15) is 0 Å². The van der Waals surface area contributed by atoms with Crippen LogP contribution >= 0.6 is 11.6 Å². The molecular weight excluding hydrogens is 358 g/mol. The van der Waals surface area contributed by atoms with E-state index in [0.717, 1.165) is 5.56 Å². The van der Waals surface area contributed by atoms with Gasteiger partial charge in [-0.05, 0) is 30.7 Å². The first-order valence-electron chi connectivity index (χ1n) is 7.97. The van der Waals surface area contributed by atoms with Gasteiger partial charge in [0.05, 0.1) is 10.8 Å². The largest absolute Gasteiger partial charge is 0.326 e. The number of non-ortho nitro benzene ring substituents is 1. The summed E-state index contributed by atoms with van der Waals surface area (Å²) in [6.45, 7) is 2.06. The van der Waals surface area contributed by atoms with Crippen LogP contribution in [0.2, 0.25) is 5.02 Å². The van der Waals surface area contributed by atoms with Gasteiger partial charge < -0.3 is 10.2 Å². The summed E-state index contributed by atoms with van der Waals surface area (Å²) in [5.41, 5.74) is 1.69. The number of amides is 2. The lowest BCUT2D eigenvalue weighted by atomic mass is 10.1. The maximum atomic E-state index is 12.5. The molecule has 134 valence electrons. The molecule has 1 heterocycles. The van der Waals surface area contributed by atoms with Gasteiger partial charge in [-0.25, -0.2) is 0 Å². The maximum absolute atomic E-state index is 12.5. The Kier molecular flexibility index (Phi) is 4.90. The second-order valence-corrected chi connectivity index (χ2v) is 6.49. The Labute approximate surface area is 154 Å². The van der Waals surface area contributed by atoms with Crippen molar-refractivity contribution in [2.24, 2.45) is 5.92 Å². The molecule has 1 N–H and O–H groups in total. The Morgan fingerprint density at radius 2 is 2.04 bits per heavy atom. The number of anilines is 2. The zero-order chi connectivity index (χ0) is 18.8. The Bertz CT molecular complexity index is 900. The van der Waals surface area contributed by atoms with Crippen molar-refractivity contribution in [1.82, 2.24) is 0 Å². The third kappa shape index (κ3) is 3.52. The van der Waals surface area contributed by atoms with Crippen LogP contribution < -0.4 is 10.2 Å². The Morgan fingerprint density at radius 3 is 2.77 bits per heavy atom. The monoisotopic (exact) mass is 373 g/mol. The molecule has 0 aliphatic carbocycles. The molecule has 0 radical (unpaired) electrons. The van der Waals surface area contributed by atoms with Crippen LogP contribution in [0.1, 0.15) is 12.0 Å². The normalized spacial score (nSPS) is 16.6. The lowest BCUT2D eigenvalue weighted by Crippen LogP contribution is -2.28. The van der Waals surface area contributed by atoms with Crippen LogP contribution in [0.15, 0.2) is 42.5 Å². The summed E-state index contributed by atoms with van der Waals surface area (Å²) in [6, 6.07) is 11.0. The zero-order valence-electron chi connectivity index (χ0n) is 13.9. The van der Waals surface area contributed by atoms with Gasteiger partial charge in [0.15, 0.2) is 0 Å². The molecule has 0 spiro atoms. The van der Waals surface area contributed by atoms with Gasteiger partial charge in [-0.3, -0.25) is 19.7 Å². The van der Waals surface area contributed by atoms with E-state index in [9.17, 15) is 19.7 Å². The Morgan fingerprint density at radius 1 is 1.31 bits per heavy atom. The molecule has 2 amide bonds. The second-order valence-electron chi connectivity index (χ2n) is 6.09. The fraction of sp³-hybridized carbons (Fsp3) is 0.222. The first-order chi connectivity index (χ1) is 12.4. The van der Waals surface area contributed by atoms with E-state index in [1.807, 2.05) is 6.92 Å². The average Bonchev–Trinajstić information content (AvgIpc) is 2.99. The smallest absolute Gasteiger partial charge is 0.271 e. The van der Waals surface area contributed by atoms with Crippen molar-refractivity contribution < 1.29 is 14.5 Å².